The van der Waals surface area contributed by atoms with Crippen LogP contribution in [0.25, 0.3) is 11.3 Å². The summed E-state index contributed by atoms with van der Waals surface area (Å²) in [5.74, 6) is 0.397. The molecule has 1 fully saturated rings. The van der Waals surface area contributed by atoms with E-state index in [1.54, 1.807) is 0 Å². The van der Waals surface area contributed by atoms with Crippen LogP contribution in [0.4, 0.5) is 0 Å². The maximum atomic E-state index is 11.8. The van der Waals surface area contributed by atoms with Crippen molar-refractivity contribution in [2.45, 2.75) is 25.3 Å². The molecule has 0 saturated carbocycles. The highest BCUT2D eigenvalue weighted by atomic mass is 32.2. The van der Waals surface area contributed by atoms with Gasteiger partial charge in [0.05, 0.1) is 17.9 Å². The quantitative estimate of drug-likeness (QED) is 0.721. The number of nitrogens with one attached hydrogen (secondary N) is 1. The van der Waals surface area contributed by atoms with Gasteiger partial charge in [-0.2, -0.15) is 0 Å². The van der Waals surface area contributed by atoms with Gasteiger partial charge in [0, 0.05) is 18.0 Å². The second-order valence-electron chi connectivity index (χ2n) is 6.46. The first-order chi connectivity index (χ1) is 12.9. The molecule has 0 bridgehead atoms. The second kappa shape index (κ2) is 8.39. The molecule has 0 unspecified atom stereocenters. The third-order valence-electron chi connectivity index (χ3n) is 4.26. The van der Waals surface area contributed by atoms with Gasteiger partial charge in [-0.15, -0.1) is 0 Å². The maximum Gasteiger partial charge on any atom is 0.306 e. The standard InChI is InChI=1S/C19H21NO6S/c21-18(20-15-10-11-27(23,24)13-15)12-25-19(22)9-7-16-6-8-17(26-16)14-4-2-1-3-5-14/h1-6,8,15H,7,9-13H2,(H,20,21)/t15-/m1/s1. The van der Waals surface area contributed by atoms with Gasteiger partial charge in [-0.3, -0.25) is 9.59 Å². The van der Waals surface area contributed by atoms with Crippen LogP contribution in [-0.4, -0.2) is 44.4 Å². The molecule has 1 amide bonds. The predicted molar refractivity (Wildman–Crippen MR) is 98.6 cm³/mol. The minimum Gasteiger partial charge on any atom is -0.461 e. The zero-order valence-electron chi connectivity index (χ0n) is 14.7. The van der Waals surface area contributed by atoms with Gasteiger partial charge < -0.3 is 14.5 Å². The second-order valence-corrected chi connectivity index (χ2v) is 8.69. The zero-order chi connectivity index (χ0) is 19.3. The van der Waals surface area contributed by atoms with Gasteiger partial charge in [0.15, 0.2) is 16.4 Å². The van der Waals surface area contributed by atoms with Crippen molar-refractivity contribution < 1.29 is 27.2 Å². The predicted octanol–water partition coefficient (Wildman–Crippen LogP) is 1.73. The Hall–Kier alpha value is -2.61. The molecule has 0 aliphatic carbocycles. The van der Waals surface area contributed by atoms with E-state index in [4.69, 9.17) is 9.15 Å². The van der Waals surface area contributed by atoms with E-state index in [0.29, 0.717) is 18.6 Å². The first kappa shape index (κ1) is 19.2. The van der Waals surface area contributed by atoms with E-state index < -0.39 is 34.4 Å². The Bertz CT molecular complexity index is 903. The number of amides is 1. The molecule has 0 spiro atoms. The summed E-state index contributed by atoms with van der Waals surface area (Å²) in [6.07, 6.45) is 0.852. The summed E-state index contributed by atoms with van der Waals surface area (Å²) in [5.41, 5.74) is 0.955. The summed E-state index contributed by atoms with van der Waals surface area (Å²) >= 11 is 0. The monoisotopic (exact) mass is 391 g/mol. The number of carbonyl (C=O) groups is 2. The van der Waals surface area contributed by atoms with Gasteiger partial charge in [0.25, 0.3) is 5.91 Å². The fourth-order valence-corrected chi connectivity index (χ4v) is 4.56. The van der Waals surface area contributed by atoms with Crippen molar-refractivity contribution in [1.82, 2.24) is 5.32 Å². The molecule has 1 atom stereocenters. The number of esters is 1. The first-order valence-corrected chi connectivity index (χ1v) is 10.5. The Morgan fingerprint density at radius 3 is 2.63 bits per heavy atom. The highest BCUT2D eigenvalue weighted by Gasteiger charge is 2.29. The highest BCUT2D eigenvalue weighted by molar-refractivity contribution is 7.91. The van der Waals surface area contributed by atoms with Crippen molar-refractivity contribution in [1.29, 1.82) is 0 Å². The van der Waals surface area contributed by atoms with Gasteiger partial charge in [0.1, 0.15) is 11.5 Å². The van der Waals surface area contributed by atoms with Crippen LogP contribution >= 0.6 is 0 Å². The SMILES string of the molecule is O=C(COC(=O)CCc1ccc(-c2ccccc2)o1)N[C@@H]1CCS(=O)(=O)C1. The zero-order valence-corrected chi connectivity index (χ0v) is 15.5. The van der Waals surface area contributed by atoms with Crippen LogP contribution < -0.4 is 5.32 Å². The van der Waals surface area contributed by atoms with Gasteiger partial charge in [-0.1, -0.05) is 30.3 Å². The smallest absolute Gasteiger partial charge is 0.306 e. The summed E-state index contributed by atoms with van der Waals surface area (Å²) in [7, 11) is -3.06. The van der Waals surface area contributed by atoms with E-state index >= 15 is 0 Å². The van der Waals surface area contributed by atoms with Crippen LogP contribution in [0.2, 0.25) is 0 Å². The summed E-state index contributed by atoms with van der Waals surface area (Å²) in [4.78, 5) is 23.5. The molecular formula is C19H21NO6S. The number of carbonyl (C=O) groups excluding carboxylic acids is 2. The maximum absolute atomic E-state index is 11.8. The lowest BCUT2D eigenvalue weighted by Crippen LogP contribution is -2.38. The molecule has 144 valence electrons. The number of aryl methyl sites for hydroxylation is 1. The molecule has 2 heterocycles. The molecule has 1 aromatic heterocycles. The minimum atomic E-state index is -3.06. The minimum absolute atomic E-state index is 0.0606. The Morgan fingerprint density at radius 2 is 1.93 bits per heavy atom. The summed E-state index contributed by atoms with van der Waals surface area (Å²) in [5, 5.41) is 2.57. The largest absolute Gasteiger partial charge is 0.461 e. The molecule has 27 heavy (non-hydrogen) atoms. The number of rotatable bonds is 7. The molecule has 7 nitrogen and oxygen atoms in total. The van der Waals surface area contributed by atoms with Crippen LogP contribution in [0.3, 0.4) is 0 Å². The molecule has 1 aliphatic heterocycles. The van der Waals surface area contributed by atoms with E-state index in [0.717, 1.165) is 11.3 Å². The van der Waals surface area contributed by atoms with Gasteiger partial charge in [0.2, 0.25) is 0 Å². The fourth-order valence-electron chi connectivity index (χ4n) is 2.89. The number of sulfone groups is 1. The number of hydrogen-bond acceptors (Lipinski definition) is 6. The molecule has 8 heteroatoms. The van der Waals surface area contributed by atoms with Gasteiger partial charge in [-0.25, -0.2) is 8.42 Å². The van der Waals surface area contributed by atoms with Crippen LogP contribution in [0.5, 0.6) is 0 Å². The van der Waals surface area contributed by atoms with Crippen molar-refractivity contribution in [3.63, 3.8) is 0 Å². The highest BCUT2D eigenvalue weighted by Crippen LogP contribution is 2.22. The summed E-state index contributed by atoms with van der Waals surface area (Å²) in [6, 6.07) is 12.9. The Labute approximate surface area is 157 Å². The summed E-state index contributed by atoms with van der Waals surface area (Å²) < 4.78 is 33.4. The van der Waals surface area contributed by atoms with E-state index in [2.05, 4.69) is 5.32 Å². The lowest BCUT2D eigenvalue weighted by molar-refractivity contribution is -0.148. The molecule has 1 aromatic carbocycles. The topological polar surface area (TPSA) is 103 Å². The van der Waals surface area contributed by atoms with Gasteiger partial charge >= 0.3 is 5.97 Å². The van der Waals surface area contributed by atoms with Crippen LogP contribution in [0, 0.1) is 0 Å². The lowest BCUT2D eigenvalue weighted by atomic mass is 10.2. The Balaban J connectivity index is 1.39. The fraction of sp³-hybridized carbons (Fsp3) is 0.368. The molecular weight excluding hydrogens is 370 g/mol. The average Bonchev–Trinajstić information content (AvgIpc) is 3.25. The van der Waals surface area contributed by atoms with Crippen LogP contribution in [-0.2, 0) is 30.6 Å². The van der Waals surface area contributed by atoms with E-state index in [9.17, 15) is 18.0 Å². The molecule has 1 aliphatic rings. The number of ether oxygens (including phenoxy) is 1. The third-order valence-corrected chi connectivity index (χ3v) is 6.03. The van der Waals surface area contributed by atoms with Crippen LogP contribution in [0.1, 0.15) is 18.6 Å². The Kier molecular flexibility index (Phi) is 5.95. The van der Waals surface area contributed by atoms with Gasteiger partial charge in [-0.05, 0) is 18.6 Å². The molecule has 1 N–H and O–H groups in total. The van der Waals surface area contributed by atoms with Crippen molar-refractivity contribution in [2.24, 2.45) is 0 Å². The van der Waals surface area contributed by atoms with Crippen molar-refractivity contribution >= 4 is 21.7 Å². The van der Waals surface area contributed by atoms with Crippen LogP contribution in [0.15, 0.2) is 46.9 Å². The normalized spacial score (nSPS) is 18.1. The van der Waals surface area contributed by atoms with Crippen molar-refractivity contribution in [2.75, 3.05) is 18.1 Å². The Morgan fingerprint density at radius 1 is 1.15 bits per heavy atom. The van der Waals surface area contributed by atoms with E-state index in [-0.39, 0.29) is 17.9 Å². The van der Waals surface area contributed by atoms with E-state index in [1.807, 2.05) is 42.5 Å². The summed E-state index contributed by atoms with van der Waals surface area (Å²) in [6.45, 7) is -0.414. The van der Waals surface area contributed by atoms with Crippen molar-refractivity contribution in [3.05, 3.63) is 48.2 Å². The molecule has 2 aromatic rings. The lowest BCUT2D eigenvalue weighted by Gasteiger charge is -2.10. The molecule has 3 rings (SSSR count). The number of furan rings is 1. The first-order valence-electron chi connectivity index (χ1n) is 8.71. The molecule has 0 radical (unpaired) electrons. The number of hydrogen-bond donors (Lipinski definition) is 1. The average molecular weight is 391 g/mol. The number of benzene rings is 1. The van der Waals surface area contributed by atoms with Crippen molar-refractivity contribution in [3.8, 4) is 11.3 Å². The third kappa shape index (κ3) is 5.68. The van der Waals surface area contributed by atoms with E-state index in [1.165, 1.54) is 0 Å². The molecule has 1 saturated heterocycles.